The topological polar surface area (TPSA) is 67.9 Å². The number of carbonyl (C=O) groups excluding carboxylic acids is 2. The number of hydrogen-bond donors (Lipinski definition) is 1. The quantitative estimate of drug-likeness (QED) is 0.470. The van der Waals surface area contributed by atoms with Gasteiger partial charge in [-0.1, -0.05) is 49.4 Å². The Labute approximate surface area is 196 Å². The van der Waals surface area contributed by atoms with Crippen molar-refractivity contribution in [1.82, 2.24) is 10.2 Å². The molecule has 7 heteroatoms. The summed E-state index contributed by atoms with van der Waals surface area (Å²) >= 11 is 3.59. The molecular weight excluding hydrogens is 472 g/mol. The van der Waals surface area contributed by atoms with Gasteiger partial charge in [0, 0.05) is 13.6 Å². The number of halogens is 1. The van der Waals surface area contributed by atoms with Crippen molar-refractivity contribution in [3.63, 3.8) is 0 Å². The van der Waals surface area contributed by atoms with Crippen molar-refractivity contribution < 1.29 is 19.1 Å². The van der Waals surface area contributed by atoms with E-state index >= 15 is 0 Å². The fourth-order valence-corrected chi connectivity index (χ4v) is 4.17. The number of ether oxygens (including phenoxy) is 2. The summed E-state index contributed by atoms with van der Waals surface area (Å²) in [7, 11) is 3.18. The molecule has 1 atom stereocenters. The maximum atomic E-state index is 13.2. The number of nitrogens with zero attached hydrogens (tertiary/aromatic N) is 1. The molecule has 0 bridgehead atoms. The highest BCUT2D eigenvalue weighted by molar-refractivity contribution is 9.10. The first-order valence-electron chi connectivity index (χ1n) is 10.4. The molecule has 0 radical (unpaired) electrons. The Bertz CT molecular complexity index is 1080. The summed E-state index contributed by atoms with van der Waals surface area (Å²) in [5.74, 6) is 0.835. The fourth-order valence-electron chi connectivity index (χ4n) is 3.56. The zero-order valence-electron chi connectivity index (χ0n) is 18.4. The second-order valence-corrected chi connectivity index (χ2v) is 8.09. The van der Waals surface area contributed by atoms with Gasteiger partial charge in [-0.15, -0.1) is 0 Å². The molecule has 3 rings (SSSR count). The summed E-state index contributed by atoms with van der Waals surface area (Å²) in [6.45, 7) is 1.99. The lowest BCUT2D eigenvalue weighted by Crippen LogP contribution is -2.49. The van der Waals surface area contributed by atoms with Crippen molar-refractivity contribution in [2.24, 2.45) is 0 Å². The first-order valence-corrected chi connectivity index (χ1v) is 11.2. The van der Waals surface area contributed by atoms with Crippen LogP contribution in [0.2, 0.25) is 0 Å². The molecule has 3 aromatic rings. The Morgan fingerprint density at radius 2 is 1.78 bits per heavy atom. The summed E-state index contributed by atoms with van der Waals surface area (Å²) in [6, 6.07) is 18.6. The number of nitrogens with one attached hydrogen (secondary N) is 1. The Balaban J connectivity index is 1.81. The van der Waals surface area contributed by atoms with E-state index < -0.39 is 6.04 Å². The first-order chi connectivity index (χ1) is 15.5. The van der Waals surface area contributed by atoms with E-state index in [1.165, 1.54) is 0 Å². The van der Waals surface area contributed by atoms with E-state index in [-0.39, 0.29) is 25.0 Å². The molecule has 0 aliphatic carbocycles. The van der Waals surface area contributed by atoms with Crippen molar-refractivity contribution in [3.8, 4) is 11.5 Å². The van der Waals surface area contributed by atoms with Crippen LogP contribution < -0.4 is 14.8 Å². The van der Waals surface area contributed by atoms with E-state index in [4.69, 9.17) is 9.47 Å². The van der Waals surface area contributed by atoms with Crippen molar-refractivity contribution in [3.05, 3.63) is 70.7 Å². The highest BCUT2D eigenvalue weighted by atomic mass is 79.9. The molecular formula is C25H27BrN2O4. The predicted molar refractivity (Wildman–Crippen MR) is 129 cm³/mol. The van der Waals surface area contributed by atoms with E-state index in [9.17, 15) is 9.59 Å². The lowest BCUT2D eigenvalue weighted by atomic mass is 10.1. The Kier molecular flexibility index (Phi) is 8.11. The average Bonchev–Trinajstić information content (AvgIpc) is 2.83. The molecule has 168 valence electrons. The third-order valence-electron chi connectivity index (χ3n) is 5.32. The van der Waals surface area contributed by atoms with Gasteiger partial charge in [0.05, 0.1) is 11.6 Å². The van der Waals surface area contributed by atoms with Crippen LogP contribution in [0, 0.1) is 0 Å². The minimum absolute atomic E-state index is 0.180. The zero-order chi connectivity index (χ0) is 23.1. The summed E-state index contributed by atoms with van der Waals surface area (Å²) in [5, 5.41) is 4.74. The number of amides is 2. The molecule has 3 aromatic carbocycles. The van der Waals surface area contributed by atoms with Crippen LogP contribution in [0.25, 0.3) is 10.8 Å². The monoisotopic (exact) mass is 498 g/mol. The fraction of sp³-hybridized carbons (Fsp3) is 0.280. The van der Waals surface area contributed by atoms with Crippen LogP contribution >= 0.6 is 15.9 Å². The number of carbonyl (C=O) groups is 2. The largest absolute Gasteiger partial charge is 0.497 e. The van der Waals surface area contributed by atoms with Gasteiger partial charge in [-0.2, -0.15) is 0 Å². The van der Waals surface area contributed by atoms with Crippen LogP contribution in [0.3, 0.4) is 0 Å². The van der Waals surface area contributed by atoms with E-state index in [0.29, 0.717) is 12.2 Å². The summed E-state index contributed by atoms with van der Waals surface area (Å²) in [4.78, 5) is 27.3. The number of methoxy groups -OCH3 is 1. The van der Waals surface area contributed by atoms with Crippen LogP contribution in [-0.2, 0) is 16.1 Å². The van der Waals surface area contributed by atoms with Gasteiger partial charge >= 0.3 is 0 Å². The number of benzene rings is 3. The lowest BCUT2D eigenvalue weighted by Gasteiger charge is -2.30. The van der Waals surface area contributed by atoms with Crippen molar-refractivity contribution in [2.75, 3.05) is 20.8 Å². The van der Waals surface area contributed by atoms with Crippen molar-refractivity contribution in [2.45, 2.75) is 25.9 Å². The molecule has 0 heterocycles. The SMILES string of the molecule is CCC(C(=O)NC)N(Cc1ccc(OC)cc1)C(=O)COc1ccc2ccccc2c1Br. The van der Waals surface area contributed by atoms with Gasteiger partial charge in [0.1, 0.15) is 17.5 Å². The lowest BCUT2D eigenvalue weighted by molar-refractivity contribution is -0.142. The van der Waals surface area contributed by atoms with E-state index in [1.54, 1.807) is 19.1 Å². The molecule has 6 nitrogen and oxygen atoms in total. The molecule has 0 saturated heterocycles. The number of rotatable bonds is 9. The summed E-state index contributed by atoms with van der Waals surface area (Å²) < 4.78 is 11.9. The number of hydrogen-bond acceptors (Lipinski definition) is 4. The second-order valence-electron chi connectivity index (χ2n) is 7.30. The van der Waals surface area contributed by atoms with Gasteiger partial charge in [-0.3, -0.25) is 9.59 Å². The zero-order valence-corrected chi connectivity index (χ0v) is 20.0. The highest BCUT2D eigenvalue weighted by Gasteiger charge is 2.28. The Morgan fingerprint density at radius 3 is 2.44 bits per heavy atom. The van der Waals surface area contributed by atoms with E-state index in [0.717, 1.165) is 26.6 Å². The van der Waals surface area contributed by atoms with Gasteiger partial charge in [-0.25, -0.2) is 0 Å². The third-order valence-corrected chi connectivity index (χ3v) is 6.14. The molecule has 0 aromatic heterocycles. The van der Waals surface area contributed by atoms with Gasteiger partial charge in [0.15, 0.2) is 6.61 Å². The molecule has 0 spiro atoms. The number of fused-ring (bicyclic) bond motifs is 1. The second kappa shape index (κ2) is 11.0. The normalized spacial score (nSPS) is 11.6. The van der Waals surface area contributed by atoms with Crippen LogP contribution in [0.5, 0.6) is 11.5 Å². The summed E-state index contributed by atoms with van der Waals surface area (Å²) in [5.41, 5.74) is 0.897. The van der Waals surface area contributed by atoms with Gasteiger partial charge in [0.2, 0.25) is 5.91 Å². The highest BCUT2D eigenvalue weighted by Crippen LogP contribution is 2.33. The van der Waals surface area contributed by atoms with Crippen LogP contribution in [0.4, 0.5) is 0 Å². The minimum atomic E-state index is -0.599. The summed E-state index contributed by atoms with van der Waals surface area (Å²) in [6.07, 6.45) is 0.487. The van der Waals surface area contributed by atoms with Crippen LogP contribution in [0.1, 0.15) is 18.9 Å². The molecule has 0 aliphatic rings. The molecule has 32 heavy (non-hydrogen) atoms. The average molecular weight is 499 g/mol. The Morgan fingerprint density at radius 1 is 1.06 bits per heavy atom. The smallest absolute Gasteiger partial charge is 0.261 e. The maximum absolute atomic E-state index is 13.2. The maximum Gasteiger partial charge on any atom is 0.261 e. The molecule has 2 amide bonds. The first kappa shape index (κ1) is 23.6. The molecule has 0 fully saturated rings. The van der Waals surface area contributed by atoms with Gasteiger partial charge in [-0.05, 0) is 56.9 Å². The van der Waals surface area contributed by atoms with E-state index in [1.807, 2.05) is 67.6 Å². The van der Waals surface area contributed by atoms with E-state index in [2.05, 4.69) is 21.2 Å². The predicted octanol–water partition coefficient (Wildman–Crippen LogP) is 4.54. The minimum Gasteiger partial charge on any atom is -0.497 e. The van der Waals surface area contributed by atoms with Gasteiger partial charge < -0.3 is 19.7 Å². The number of likely N-dealkylation sites (N-methyl/N-ethyl adjacent to an activating group) is 1. The molecule has 0 aliphatic heterocycles. The van der Waals surface area contributed by atoms with Crippen molar-refractivity contribution >= 4 is 38.5 Å². The Hall–Kier alpha value is -3.06. The molecule has 0 saturated carbocycles. The van der Waals surface area contributed by atoms with Crippen molar-refractivity contribution in [1.29, 1.82) is 0 Å². The standard InChI is InChI=1S/C25H27BrN2O4/c1-4-21(25(30)27-2)28(15-17-9-12-19(31-3)13-10-17)23(29)16-32-22-14-11-18-7-5-6-8-20(18)24(22)26/h5-14,21H,4,15-16H2,1-3H3,(H,27,30). The van der Waals surface area contributed by atoms with Crippen LogP contribution in [-0.4, -0.2) is 43.5 Å². The molecule has 1 N–H and O–H groups in total. The van der Waals surface area contributed by atoms with Gasteiger partial charge in [0.25, 0.3) is 5.91 Å². The molecule has 1 unspecified atom stereocenters. The third kappa shape index (κ3) is 5.40. The van der Waals surface area contributed by atoms with Crippen LogP contribution in [0.15, 0.2) is 65.1 Å².